The van der Waals surface area contributed by atoms with Gasteiger partial charge < -0.3 is 20.3 Å². The first-order valence-electron chi connectivity index (χ1n) is 11.4. The van der Waals surface area contributed by atoms with Crippen LogP contribution in [0.25, 0.3) is 0 Å². The van der Waals surface area contributed by atoms with Gasteiger partial charge in [-0.2, -0.15) is 13.2 Å². The van der Waals surface area contributed by atoms with E-state index in [4.69, 9.17) is 10.5 Å². The van der Waals surface area contributed by atoms with Gasteiger partial charge in [-0.3, -0.25) is 9.78 Å². The summed E-state index contributed by atoms with van der Waals surface area (Å²) in [5.74, 6) is -2.19. The molecule has 0 spiro atoms. The number of alkyl halides is 3. The zero-order chi connectivity index (χ0) is 25.9. The first-order chi connectivity index (χ1) is 17.2. The third kappa shape index (κ3) is 5.53. The number of hydrogen-bond donors (Lipinski definition) is 1. The van der Waals surface area contributed by atoms with Gasteiger partial charge in [0.15, 0.2) is 5.82 Å². The number of pyridine rings is 1. The molecule has 2 heterocycles. The third-order valence-electron chi connectivity index (χ3n) is 6.27. The molecule has 2 aromatic carbocycles. The quantitative estimate of drug-likeness (QED) is 0.494. The van der Waals surface area contributed by atoms with Crippen LogP contribution in [0.4, 0.5) is 28.9 Å². The van der Waals surface area contributed by atoms with Gasteiger partial charge in [0, 0.05) is 23.8 Å². The number of nitrogens with two attached hydrogens (primary N) is 1. The van der Waals surface area contributed by atoms with Crippen molar-refractivity contribution in [3.8, 4) is 5.75 Å². The summed E-state index contributed by atoms with van der Waals surface area (Å²) in [6, 6.07) is 15.6. The van der Waals surface area contributed by atoms with Crippen LogP contribution in [-0.2, 0) is 24.3 Å². The normalized spacial score (nSPS) is 15.9. The Hall–Kier alpha value is -3.82. The topological polar surface area (TPSA) is 71.7 Å². The van der Waals surface area contributed by atoms with E-state index in [0.717, 1.165) is 16.7 Å². The number of aryl methyl sites for hydroxylation is 1. The molecule has 1 atom stereocenters. The van der Waals surface area contributed by atoms with Crippen molar-refractivity contribution >= 4 is 17.3 Å². The van der Waals surface area contributed by atoms with E-state index >= 15 is 0 Å². The second-order valence-electron chi connectivity index (χ2n) is 8.64. The summed E-state index contributed by atoms with van der Waals surface area (Å²) in [7, 11) is 1.43. The van der Waals surface area contributed by atoms with Crippen LogP contribution >= 0.6 is 0 Å². The van der Waals surface area contributed by atoms with Gasteiger partial charge in [0.2, 0.25) is 0 Å². The molecule has 1 aliphatic rings. The number of aromatic nitrogens is 1. The highest BCUT2D eigenvalue weighted by Crippen LogP contribution is 2.37. The molecule has 10 heteroatoms. The second kappa shape index (κ2) is 10.4. The fourth-order valence-corrected chi connectivity index (χ4v) is 4.51. The predicted octanol–water partition coefficient (Wildman–Crippen LogP) is 4.72. The maximum absolute atomic E-state index is 13.7. The number of nitrogens with zero attached hydrogens (tertiary/aromatic N) is 3. The van der Waals surface area contributed by atoms with E-state index in [0.29, 0.717) is 35.5 Å². The van der Waals surface area contributed by atoms with Gasteiger partial charge in [-0.25, -0.2) is 4.39 Å². The molecule has 1 amide bonds. The van der Waals surface area contributed by atoms with Gasteiger partial charge in [0.05, 0.1) is 37.8 Å². The van der Waals surface area contributed by atoms with Crippen molar-refractivity contribution in [2.45, 2.75) is 38.1 Å². The fraction of sp³-hybridized carbons (Fsp3) is 0.308. The van der Waals surface area contributed by atoms with E-state index < -0.39 is 23.9 Å². The lowest BCUT2D eigenvalue weighted by Crippen LogP contribution is -2.47. The van der Waals surface area contributed by atoms with Crippen LogP contribution < -0.4 is 15.4 Å². The number of amides is 1. The largest absolute Gasteiger partial charge is 0.496 e. The molecule has 0 aliphatic carbocycles. The number of rotatable bonds is 6. The highest BCUT2D eigenvalue weighted by molar-refractivity contribution is 5.82. The predicted molar refractivity (Wildman–Crippen MR) is 128 cm³/mol. The van der Waals surface area contributed by atoms with Gasteiger partial charge in [0.1, 0.15) is 5.75 Å². The van der Waals surface area contributed by atoms with E-state index in [9.17, 15) is 22.4 Å². The van der Waals surface area contributed by atoms with Crippen molar-refractivity contribution in [2.75, 3.05) is 24.3 Å². The zero-order valence-electron chi connectivity index (χ0n) is 19.6. The smallest absolute Gasteiger partial charge is 0.471 e. The third-order valence-corrected chi connectivity index (χ3v) is 6.27. The van der Waals surface area contributed by atoms with Crippen LogP contribution in [0.5, 0.6) is 5.75 Å². The summed E-state index contributed by atoms with van der Waals surface area (Å²) in [6.45, 7) is -0.285. The standard InChI is InChI=1S/C26H26F4N4O2/c1-36-24-9-5-8-23-20(24)16-33(25(35)26(28,29)30)15-19(11-10-17-6-3-2-4-7-17)34(23)14-18-12-22(31)21(27)13-32-18/h2-9,12-13,19H,10-11,14-16H2,1H3,(H2,31,32)/t19-/m0/s1. The Kier molecular flexibility index (Phi) is 7.32. The molecule has 3 aromatic rings. The Morgan fingerprint density at radius 3 is 2.58 bits per heavy atom. The van der Waals surface area contributed by atoms with E-state index in [-0.39, 0.29) is 25.3 Å². The number of methoxy groups -OCH3 is 1. The number of ether oxygens (including phenoxy) is 1. The van der Waals surface area contributed by atoms with Crippen LogP contribution in [-0.4, -0.2) is 41.7 Å². The summed E-state index contributed by atoms with van der Waals surface area (Å²) >= 11 is 0. The molecule has 1 aromatic heterocycles. The molecule has 4 rings (SSSR count). The van der Waals surface area contributed by atoms with Crippen molar-refractivity contribution in [1.29, 1.82) is 0 Å². The SMILES string of the molecule is COc1cccc2c1CN(C(=O)C(F)(F)F)C[C@H](CCc1ccccc1)N2Cc1cc(N)c(F)cn1. The molecule has 6 nitrogen and oxygen atoms in total. The lowest BCUT2D eigenvalue weighted by molar-refractivity contribution is -0.186. The number of hydrogen-bond acceptors (Lipinski definition) is 5. The summed E-state index contributed by atoms with van der Waals surface area (Å²) in [4.78, 5) is 19.3. The van der Waals surface area contributed by atoms with Gasteiger partial charge >= 0.3 is 12.1 Å². The highest BCUT2D eigenvalue weighted by Gasteiger charge is 2.45. The Morgan fingerprint density at radius 2 is 1.92 bits per heavy atom. The van der Waals surface area contributed by atoms with Gasteiger partial charge in [-0.1, -0.05) is 36.4 Å². The average molecular weight is 503 g/mol. The molecule has 2 N–H and O–H groups in total. The Labute approximate surface area is 206 Å². The minimum absolute atomic E-state index is 0.0737. The molecule has 0 saturated heterocycles. The van der Waals surface area contributed by atoms with E-state index in [1.54, 1.807) is 18.2 Å². The van der Waals surface area contributed by atoms with Crippen molar-refractivity contribution in [3.63, 3.8) is 0 Å². The van der Waals surface area contributed by atoms with Gasteiger partial charge in [-0.15, -0.1) is 0 Å². The molecular weight excluding hydrogens is 476 g/mol. The molecule has 0 fully saturated rings. The van der Waals surface area contributed by atoms with Crippen LogP contribution in [0.3, 0.4) is 0 Å². The van der Waals surface area contributed by atoms with Crippen molar-refractivity contribution < 1.29 is 27.1 Å². The van der Waals surface area contributed by atoms with Crippen molar-refractivity contribution in [3.05, 3.63) is 83.4 Å². The first-order valence-corrected chi connectivity index (χ1v) is 11.4. The minimum atomic E-state index is -5.02. The van der Waals surface area contributed by atoms with E-state index in [1.807, 2.05) is 35.2 Å². The van der Waals surface area contributed by atoms with Gasteiger partial charge in [-0.05, 0) is 36.6 Å². The summed E-state index contributed by atoms with van der Waals surface area (Å²) in [5, 5.41) is 0. The lowest BCUT2D eigenvalue weighted by atomic mass is 10.0. The van der Waals surface area contributed by atoms with Crippen LogP contribution in [0, 0.1) is 5.82 Å². The average Bonchev–Trinajstić information content (AvgIpc) is 3.01. The minimum Gasteiger partial charge on any atom is -0.496 e. The fourth-order valence-electron chi connectivity index (χ4n) is 4.51. The van der Waals surface area contributed by atoms with Crippen LogP contribution in [0.15, 0.2) is 60.8 Å². The molecule has 0 bridgehead atoms. The summed E-state index contributed by atoms with van der Waals surface area (Å²) < 4.78 is 59.8. The first kappa shape index (κ1) is 25.3. The monoisotopic (exact) mass is 502 g/mol. The molecule has 0 unspecified atom stereocenters. The van der Waals surface area contributed by atoms with E-state index in [2.05, 4.69) is 4.98 Å². The summed E-state index contributed by atoms with van der Waals surface area (Å²) in [5.41, 5.74) is 8.21. The maximum Gasteiger partial charge on any atom is 0.471 e. The maximum atomic E-state index is 13.7. The number of halogens is 4. The number of anilines is 2. The zero-order valence-corrected chi connectivity index (χ0v) is 19.6. The summed E-state index contributed by atoms with van der Waals surface area (Å²) in [6.07, 6.45) is -2.96. The molecular formula is C26H26F4N4O2. The Morgan fingerprint density at radius 1 is 1.17 bits per heavy atom. The van der Waals surface area contributed by atoms with Crippen LogP contribution in [0.2, 0.25) is 0 Å². The van der Waals surface area contributed by atoms with E-state index in [1.165, 1.54) is 13.2 Å². The van der Waals surface area contributed by atoms with Gasteiger partial charge in [0.25, 0.3) is 0 Å². The number of carbonyl (C=O) groups is 1. The number of nitrogen functional groups attached to an aromatic ring is 1. The molecule has 1 aliphatic heterocycles. The number of carbonyl (C=O) groups excluding carboxylic acids is 1. The lowest BCUT2D eigenvalue weighted by Gasteiger charge is -2.34. The Balaban J connectivity index is 1.78. The highest BCUT2D eigenvalue weighted by atomic mass is 19.4. The van der Waals surface area contributed by atoms with Crippen LogP contribution in [0.1, 0.15) is 23.2 Å². The number of benzene rings is 2. The van der Waals surface area contributed by atoms with Crippen molar-refractivity contribution in [2.24, 2.45) is 0 Å². The molecule has 0 saturated carbocycles. The Bertz CT molecular complexity index is 1220. The second-order valence-corrected chi connectivity index (χ2v) is 8.64. The van der Waals surface area contributed by atoms with Crippen molar-refractivity contribution in [1.82, 2.24) is 9.88 Å². The molecule has 36 heavy (non-hydrogen) atoms. The molecule has 0 radical (unpaired) electrons. The number of fused-ring (bicyclic) bond motifs is 1. The molecule has 190 valence electrons.